The van der Waals surface area contributed by atoms with E-state index in [0.717, 1.165) is 28.3 Å². The zero-order chi connectivity index (χ0) is 19.0. The van der Waals surface area contributed by atoms with E-state index in [1.165, 1.54) is 18.2 Å². The largest absolute Gasteiger partial charge is 0.368 e. The van der Waals surface area contributed by atoms with Gasteiger partial charge in [0.05, 0.1) is 0 Å². The Bertz CT molecular complexity index is 1000. The van der Waals surface area contributed by atoms with E-state index in [9.17, 15) is 14.0 Å². The summed E-state index contributed by atoms with van der Waals surface area (Å²) in [5.41, 5.74) is 9.70. The third-order valence-electron chi connectivity index (χ3n) is 4.90. The molecule has 2 amide bonds. The predicted octanol–water partition coefficient (Wildman–Crippen LogP) is 3.22. The number of halogens is 1. The van der Waals surface area contributed by atoms with Gasteiger partial charge in [0.1, 0.15) is 11.9 Å². The van der Waals surface area contributed by atoms with Crippen LogP contribution in [0, 0.1) is 5.82 Å². The summed E-state index contributed by atoms with van der Waals surface area (Å²) in [7, 11) is 0. The molecule has 27 heavy (non-hydrogen) atoms. The van der Waals surface area contributed by atoms with Crippen molar-refractivity contribution in [2.45, 2.75) is 12.0 Å². The summed E-state index contributed by atoms with van der Waals surface area (Å²) in [6.07, 6.45) is 0. The highest BCUT2D eigenvalue weighted by Crippen LogP contribution is 2.46. The molecule has 0 saturated heterocycles. The maximum absolute atomic E-state index is 13.4. The summed E-state index contributed by atoms with van der Waals surface area (Å²) in [5, 5.41) is 2.70. The number of amides is 2. The third kappa shape index (κ3) is 2.97. The average Bonchev–Trinajstić information content (AvgIpc) is 3.00. The minimum absolute atomic E-state index is 0.140. The monoisotopic (exact) mass is 360 g/mol. The molecule has 1 aliphatic rings. The number of primary amides is 1. The third-order valence-corrected chi connectivity index (χ3v) is 4.90. The normalized spacial score (nSPS) is 13.5. The molecule has 0 aromatic heterocycles. The molecule has 0 bridgehead atoms. The number of hydrogen-bond acceptors (Lipinski definition) is 2. The number of rotatable bonds is 4. The molecule has 1 aliphatic carbocycles. The van der Waals surface area contributed by atoms with E-state index < -0.39 is 29.6 Å². The molecular formula is C22H17FN2O2. The quantitative estimate of drug-likeness (QED) is 0.750. The van der Waals surface area contributed by atoms with Crippen LogP contribution in [0.2, 0.25) is 0 Å². The second-order valence-corrected chi connectivity index (χ2v) is 6.52. The van der Waals surface area contributed by atoms with Crippen LogP contribution < -0.4 is 11.1 Å². The van der Waals surface area contributed by atoms with Gasteiger partial charge in [0.25, 0.3) is 5.91 Å². The molecule has 4 rings (SSSR count). The molecule has 0 aliphatic heterocycles. The van der Waals surface area contributed by atoms with Crippen molar-refractivity contribution < 1.29 is 14.0 Å². The Morgan fingerprint density at radius 2 is 1.48 bits per heavy atom. The molecule has 0 saturated carbocycles. The van der Waals surface area contributed by atoms with Gasteiger partial charge in [-0.3, -0.25) is 9.59 Å². The van der Waals surface area contributed by atoms with Gasteiger partial charge in [0.15, 0.2) is 0 Å². The minimum Gasteiger partial charge on any atom is -0.368 e. The Morgan fingerprint density at radius 3 is 2.04 bits per heavy atom. The van der Waals surface area contributed by atoms with Crippen molar-refractivity contribution >= 4 is 11.8 Å². The van der Waals surface area contributed by atoms with Crippen LogP contribution >= 0.6 is 0 Å². The van der Waals surface area contributed by atoms with Gasteiger partial charge in [0, 0.05) is 11.5 Å². The number of benzene rings is 3. The van der Waals surface area contributed by atoms with Crippen LogP contribution in [0.3, 0.4) is 0 Å². The highest BCUT2D eigenvalue weighted by molar-refractivity contribution is 5.98. The summed E-state index contributed by atoms with van der Waals surface area (Å²) >= 11 is 0. The molecule has 3 aromatic carbocycles. The highest BCUT2D eigenvalue weighted by Gasteiger charge is 2.37. The van der Waals surface area contributed by atoms with Crippen LogP contribution in [0.5, 0.6) is 0 Å². The summed E-state index contributed by atoms with van der Waals surface area (Å²) in [5.74, 6) is -2.10. The first-order valence-electron chi connectivity index (χ1n) is 8.60. The first kappa shape index (κ1) is 17.0. The topological polar surface area (TPSA) is 72.2 Å². The van der Waals surface area contributed by atoms with Crippen molar-refractivity contribution in [2.24, 2.45) is 5.73 Å². The fraction of sp³-hybridized carbons (Fsp3) is 0.0909. The molecule has 3 aromatic rings. The first-order chi connectivity index (χ1) is 13.1. The Hall–Kier alpha value is -3.47. The first-order valence-corrected chi connectivity index (χ1v) is 8.60. The summed E-state index contributed by atoms with van der Waals surface area (Å²) in [6.45, 7) is 0. The van der Waals surface area contributed by atoms with Gasteiger partial charge in [-0.05, 0) is 40.5 Å². The van der Waals surface area contributed by atoms with E-state index in [4.69, 9.17) is 5.73 Å². The van der Waals surface area contributed by atoms with E-state index in [1.54, 1.807) is 0 Å². The van der Waals surface area contributed by atoms with E-state index in [-0.39, 0.29) is 5.56 Å². The summed E-state index contributed by atoms with van der Waals surface area (Å²) in [6, 6.07) is 19.9. The lowest BCUT2D eigenvalue weighted by atomic mass is 9.88. The van der Waals surface area contributed by atoms with Crippen molar-refractivity contribution in [3.8, 4) is 11.1 Å². The van der Waals surface area contributed by atoms with Gasteiger partial charge in [-0.25, -0.2) is 4.39 Å². The Labute approximate surface area is 155 Å². The van der Waals surface area contributed by atoms with Crippen LogP contribution in [-0.2, 0) is 4.79 Å². The zero-order valence-electron chi connectivity index (χ0n) is 14.4. The van der Waals surface area contributed by atoms with Gasteiger partial charge >= 0.3 is 0 Å². The van der Waals surface area contributed by atoms with Crippen LogP contribution in [0.4, 0.5) is 4.39 Å². The summed E-state index contributed by atoms with van der Waals surface area (Å²) in [4.78, 5) is 24.9. The van der Waals surface area contributed by atoms with E-state index in [2.05, 4.69) is 5.32 Å². The molecule has 0 radical (unpaired) electrons. The number of nitrogens with two attached hydrogens (primary N) is 1. The van der Waals surface area contributed by atoms with Gasteiger partial charge in [0.2, 0.25) is 5.91 Å². The standard InChI is InChI=1S/C22H17FN2O2/c23-14-7-5-6-13(12-14)22(27)25-20(21(24)26)19-17-10-3-1-8-15(17)16-9-2-4-11-18(16)19/h1-12,19-20H,(H2,24,26)(H,25,27)/t20-/m1/s1. The lowest BCUT2D eigenvalue weighted by molar-refractivity contribution is -0.120. The second kappa shape index (κ2) is 6.68. The minimum atomic E-state index is -0.953. The van der Waals surface area contributed by atoms with Crippen LogP contribution in [0.15, 0.2) is 72.8 Å². The van der Waals surface area contributed by atoms with Crippen molar-refractivity contribution in [1.82, 2.24) is 5.32 Å². The van der Waals surface area contributed by atoms with Crippen molar-refractivity contribution in [3.05, 3.63) is 95.3 Å². The van der Waals surface area contributed by atoms with E-state index in [1.807, 2.05) is 48.5 Å². The Morgan fingerprint density at radius 1 is 0.889 bits per heavy atom. The Kier molecular flexibility index (Phi) is 4.20. The SMILES string of the molecule is NC(=O)[C@H](NC(=O)c1cccc(F)c1)C1c2ccccc2-c2ccccc21. The molecule has 0 fully saturated rings. The van der Waals surface area contributed by atoms with Gasteiger partial charge in [-0.15, -0.1) is 0 Å². The lowest BCUT2D eigenvalue weighted by Crippen LogP contribution is -2.48. The number of carbonyl (C=O) groups excluding carboxylic acids is 2. The fourth-order valence-electron chi connectivity index (χ4n) is 3.73. The fourth-order valence-corrected chi connectivity index (χ4v) is 3.73. The van der Waals surface area contributed by atoms with E-state index >= 15 is 0 Å². The Balaban J connectivity index is 1.75. The zero-order valence-corrected chi connectivity index (χ0v) is 14.4. The predicted molar refractivity (Wildman–Crippen MR) is 101 cm³/mol. The smallest absolute Gasteiger partial charge is 0.252 e. The number of carbonyl (C=O) groups is 2. The molecule has 134 valence electrons. The molecule has 0 heterocycles. The lowest BCUT2D eigenvalue weighted by Gasteiger charge is -2.24. The van der Waals surface area contributed by atoms with Crippen LogP contribution in [0.25, 0.3) is 11.1 Å². The molecular weight excluding hydrogens is 343 g/mol. The molecule has 5 heteroatoms. The number of fused-ring (bicyclic) bond motifs is 3. The summed E-state index contributed by atoms with van der Waals surface area (Å²) < 4.78 is 13.4. The van der Waals surface area contributed by atoms with Gasteiger partial charge in [-0.2, -0.15) is 0 Å². The molecule has 0 unspecified atom stereocenters. The van der Waals surface area contributed by atoms with Crippen molar-refractivity contribution in [2.75, 3.05) is 0 Å². The molecule has 1 atom stereocenters. The highest BCUT2D eigenvalue weighted by atomic mass is 19.1. The molecule has 3 N–H and O–H groups in total. The average molecular weight is 360 g/mol. The van der Waals surface area contributed by atoms with Gasteiger partial charge < -0.3 is 11.1 Å². The molecule has 0 spiro atoms. The second-order valence-electron chi connectivity index (χ2n) is 6.52. The maximum Gasteiger partial charge on any atom is 0.252 e. The van der Waals surface area contributed by atoms with Crippen molar-refractivity contribution in [3.63, 3.8) is 0 Å². The van der Waals surface area contributed by atoms with Gasteiger partial charge in [-0.1, -0.05) is 54.6 Å². The van der Waals surface area contributed by atoms with E-state index in [0.29, 0.717) is 0 Å². The van der Waals surface area contributed by atoms with Crippen LogP contribution in [-0.4, -0.2) is 17.9 Å². The van der Waals surface area contributed by atoms with Crippen LogP contribution in [0.1, 0.15) is 27.4 Å². The molecule has 4 nitrogen and oxygen atoms in total. The number of hydrogen-bond donors (Lipinski definition) is 2. The van der Waals surface area contributed by atoms with Crippen molar-refractivity contribution in [1.29, 1.82) is 0 Å². The maximum atomic E-state index is 13.4. The number of nitrogens with one attached hydrogen (secondary N) is 1.